The van der Waals surface area contributed by atoms with Gasteiger partial charge in [0, 0.05) is 48.9 Å². The Morgan fingerprint density at radius 3 is 2.68 bits per heavy atom. The first-order chi connectivity index (χ1) is 17.7. The van der Waals surface area contributed by atoms with Crippen molar-refractivity contribution in [3.63, 3.8) is 0 Å². The van der Waals surface area contributed by atoms with Gasteiger partial charge < -0.3 is 25.4 Å². The van der Waals surface area contributed by atoms with Crippen LogP contribution in [0.1, 0.15) is 68.2 Å². The fraction of sp³-hybridized carbons (Fsp3) is 0.571. The molecule has 2 fully saturated rings. The number of carbonyl (C=O) groups excluding carboxylic acids is 1. The number of piperidine rings is 1. The van der Waals surface area contributed by atoms with Crippen LogP contribution in [0.4, 0.5) is 5.82 Å². The third-order valence-corrected chi connectivity index (χ3v) is 7.81. The Morgan fingerprint density at radius 2 is 2.00 bits per heavy atom. The topological polar surface area (TPSA) is 115 Å². The van der Waals surface area contributed by atoms with Crippen molar-refractivity contribution in [3.8, 4) is 11.8 Å². The molecule has 1 amide bonds. The predicted molar refractivity (Wildman–Crippen MR) is 143 cm³/mol. The van der Waals surface area contributed by atoms with Crippen LogP contribution in [0.5, 0.6) is 11.8 Å². The van der Waals surface area contributed by atoms with E-state index in [1.807, 2.05) is 33.0 Å². The lowest BCUT2D eigenvalue weighted by atomic mass is 9.86. The Bertz CT molecular complexity index is 1180. The number of aromatic nitrogens is 3. The Labute approximate surface area is 218 Å². The predicted octanol–water partition coefficient (Wildman–Crippen LogP) is 3.38. The molecule has 2 aliphatic carbocycles. The molecular weight excluding hydrogens is 468 g/mol. The highest BCUT2D eigenvalue weighted by Gasteiger charge is 2.31. The highest BCUT2D eigenvalue weighted by atomic mass is 16.5. The number of rotatable bonds is 9. The van der Waals surface area contributed by atoms with Gasteiger partial charge in [-0.2, -0.15) is 9.97 Å². The summed E-state index contributed by atoms with van der Waals surface area (Å²) in [6.07, 6.45) is 9.27. The number of hydrogen-bond acceptors (Lipinski definition) is 8. The molecular formula is C28H38N6O3. The number of pyridine rings is 1. The number of nitrogens with zero attached hydrogens (tertiary/aromatic N) is 4. The molecule has 1 aliphatic heterocycles. The van der Waals surface area contributed by atoms with Gasteiger partial charge in [-0.05, 0) is 69.9 Å². The maximum Gasteiger partial charge on any atom is 0.319 e. The number of hydrogen-bond donors (Lipinski definition) is 2. The van der Waals surface area contributed by atoms with Crippen molar-refractivity contribution < 1.29 is 14.3 Å². The van der Waals surface area contributed by atoms with E-state index in [4.69, 9.17) is 20.2 Å². The summed E-state index contributed by atoms with van der Waals surface area (Å²) in [7, 11) is 1.72. The van der Waals surface area contributed by atoms with Gasteiger partial charge in [0.15, 0.2) is 0 Å². The monoisotopic (exact) mass is 506 g/mol. The van der Waals surface area contributed by atoms with Gasteiger partial charge in [-0.15, -0.1) is 0 Å². The lowest BCUT2D eigenvalue weighted by Gasteiger charge is -2.34. The number of methoxy groups -OCH3 is 1. The minimum atomic E-state index is -0.551. The van der Waals surface area contributed by atoms with Crippen molar-refractivity contribution in [2.24, 2.45) is 17.6 Å². The van der Waals surface area contributed by atoms with Crippen molar-refractivity contribution in [2.45, 2.75) is 64.5 Å². The smallest absolute Gasteiger partial charge is 0.319 e. The molecule has 2 aromatic rings. The first-order valence-corrected chi connectivity index (χ1v) is 13.3. The van der Waals surface area contributed by atoms with E-state index in [1.54, 1.807) is 13.2 Å². The van der Waals surface area contributed by atoms with E-state index in [-0.39, 0.29) is 18.0 Å². The summed E-state index contributed by atoms with van der Waals surface area (Å²) in [5.74, 6) is 2.35. The molecule has 1 atom stereocenters. The highest BCUT2D eigenvalue weighted by molar-refractivity contribution is 5.93. The molecule has 0 aromatic carbocycles. The fourth-order valence-electron chi connectivity index (χ4n) is 4.91. The molecule has 1 unspecified atom stereocenters. The molecule has 9 heteroatoms. The number of carbonyl (C=O) groups is 1. The Hall–Kier alpha value is -3.20. The summed E-state index contributed by atoms with van der Waals surface area (Å²) in [5.41, 5.74) is 9.54. The van der Waals surface area contributed by atoms with Gasteiger partial charge in [0.25, 0.3) is 5.91 Å². The lowest BCUT2D eigenvalue weighted by Crippen LogP contribution is -2.53. The van der Waals surface area contributed by atoms with Crippen LogP contribution in [0.15, 0.2) is 24.4 Å². The average Bonchev–Trinajstić information content (AvgIpc) is 3.62. The van der Waals surface area contributed by atoms with E-state index in [2.05, 4.69) is 26.3 Å². The third-order valence-electron chi connectivity index (χ3n) is 7.81. The van der Waals surface area contributed by atoms with Crippen LogP contribution in [-0.2, 0) is 6.42 Å². The number of amides is 1. The van der Waals surface area contributed by atoms with Crippen molar-refractivity contribution >= 4 is 17.3 Å². The first-order valence-electron chi connectivity index (χ1n) is 13.3. The first kappa shape index (κ1) is 25.4. The van der Waals surface area contributed by atoms with Crippen LogP contribution in [0.3, 0.4) is 0 Å². The molecule has 9 nitrogen and oxygen atoms in total. The maximum absolute atomic E-state index is 13.1. The Balaban J connectivity index is 1.31. The van der Waals surface area contributed by atoms with Gasteiger partial charge in [-0.25, -0.2) is 0 Å². The summed E-state index contributed by atoms with van der Waals surface area (Å²) < 4.78 is 11.5. The molecule has 3 aliphatic rings. The second kappa shape index (κ2) is 10.3. The van der Waals surface area contributed by atoms with Gasteiger partial charge in [0.2, 0.25) is 0 Å². The molecule has 3 N–H and O–H groups in total. The van der Waals surface area contributed by atoms with E-state index in [9.17, 15) is 4.79 Å². The van der Waals surface area contributed by atoms with Gasteiger partial charge in [0.05, 0.1) is 19.4 Å². The number of anilines is 1. The number of ether oxygens (including phenoxy) is 2. The van der Waals surface area contributed by atoms with Crippen LogP contribution in [0.2, 0.25) is 0 Å². The Kier molecular flexibility index (Phi) is 7.07. The minimum Gasteiger partial charge on any atom is -0.496 e. The van der Waals surface area contributed by atoms with Crippen molar-refractivity contribution in [2.75, 3.05) is 31.7 Å². The zero-order chi connectivity index (χ0) is 26.2. The van der Waals surface area contributed by atoms with Crippen molar-refractivity contribution in [1.82, 2.24) is 20.3 Å². The van der Waals surface area contributed by atoms with Crippen molar-refractivity contribution in [1.29, 1.82) is 0 Å². The standard InChI is InChI=1S/C28H38N6O3/c1-17(28(2,3)29)31-26(35)22-15-24(33-27(32-22)37-16-18-5-6-18)34-13-10-19(11-14-34)20-7-8-21-25(20)23(36-4)9-12-30-21/h7,9,12,15,17-19H,5-6,8,10-11,13-14,16,29H2,1-4H3,(H,31,35). The molecule has 0 bridgehead atoms. The molecule has 3 heterocycles. The quantitative estimate of drug-likeness (QED) is 0.532. The molecule has 1 saturated carbocycles. The zero-order valence-corrected chi connectivity index (χ0v) is 22.3. The van der Waals surface area contributed by atoms with Gasteiger partial charge in [-0.3, -0.25) is 9.78 Å². The average molecular weight is 507 g/mol. The number of nitrogens with two attached hydrogens (primary N) is 1. The summed E-state index contributed by atoms with van der Waals surface area (Å²) in [6, 6.07) is 3.75. The third kappa shape index (κ3) is 5.71. The van der Waals surface area contributed by atoms with E-state index >= 15 is 0 Å². The van der Waals surface area contributed by atoms with Gasteiger partial charge >= 0.3 is 6.01 Å². The van der Waals surface area contributed by atoms with Gasteiger partial charge in [0.1, 0.15) is 17.3 Å². The molecule has 37 heavy (non-hydrogen) atoms. The summed E-state index contributed by atoms with van der Waals surface area (Å²) >= 11 is 0. The summed E-state index contributed by atoms with van der Waals surface area (Å²) in [5, 5.41) is 2.98. The molecule has 5 rings (SSSR count). The lowest BCUT2D eigenvalue weighted by molar-refractivity contribution is 0.0918. The van der Waals surface area contributed by atoms with E-state index in [1.165, 1.54) is 18.4 Å². The van der Waals surface area contributed by atoms with Crippen LogP contribution >= 0.6 is 0 Å². The number of allylic oxidation sites excluding steroid dienone is 2. The maximum atomic E-state index is 13.1. The molecule has 0 spiro atoms. The van der Waals surface area contributed by atoms with Crippen LogP contribution in [-0.4, -0.2) is 59.2 Å². The normalized spacial score (nSPS) is 18.7. The van der Waals surface area contributed by atoms with Gasteiger partial charge in [-0.1, -0.05) is 6.08 Å². The molecule has 2 aromatic heterocycles. The van der Waals surface area contributed by atoms with E-state index in [0.717, 1.165) is 55.2 Å². The van der Waals surface area contributed by atoms with E-state index < -0.39 is 5.54 Å². The van der Waals surface area contributed by atoms with Crippen molar-refractivity contribution in [3.05, 3.63) is 41.4 Å². The molecule has 0 radical (unpaired) electrons. The summed E-state index contributed by atoms with van der Waals surface area (Å²) in [6.45, 7) is 7.92. The van der Waals surface area contributed by atoms with Crippen LogP contribution in [0.25, 0.3) is 5.57 Å². The SMILES string of the molecule is COc1ccnc2c1C(C1CCN(c3cc(C(=O)NC(C)C(C)(C)N)nc(OCC4CC4)n3)CC1)=CC2. The Morgan fingerprint density at radius 1 is 1.24 bits per heavy atom. The fourth-order valence-corrected chi connectivity index (χ4v) is 4.91. The van der Waals surface area contributed by atoms with Crippen LogP contribution < -0.4 is 25.4 Å². The minimum absolute atomic E-state index is 0.223. The summed E-state index contributed by atoms with van der Waals surface area (Å²) in [4.78, 5) is 29.0. The van der Waals surface area contributed by atoms with Crippen LogP contribution in [0, 0.1) is 11.8 Å². The second-order valence-corrected chi connectivity index (χ2v) is 11.1. The number of nitrogens with one attached hydrogen (secondary N) is 1. The number of fused-ring (bicyclic) bond motifs is 1. The largest absolute Gasteiger partial charge is 0.496 e. The highest BCUT2D eigenvalue weighted by Crippen LogP contribution is 2.42. The van der Waals surface area contributed by atoms with E-state index in [0.29, 0.717) is 24.1 Å². The molecule has 198 valence electrons. The molecule has 1 saturated heterocycles. The zero-order valence-electron chi connectivity index (χ0n) is 22.3. The second-order valence-electron chi connectivity index (χ2n) is 11.1.